The SMILES string of the molecule is Cc1nnc(SCCC(O)c2cccs2)s1. The topological polar surface area (TPSA) is 46.0 Å². The van der Waals surface area contributed by atoms with E-state index in [1.54, 1.807) is 34.4 Å². The first kappa shape index (κ1) is 12.0. The van der Waals surface area contributed by atoms with Gasteiger partial charge in [-0.2, -0.15) is 0 Å². The predicted molar refractivity (Wildman–Crippen MR) is 69.3 cm³/mol. The summed E-state index contributed by atoms with van der Waals surface area (Å²) in [4.78, 5) is 1.04. The number of aromatic nitrogens is 2. The van der Waals surface area contributed by atoms with E-state index in [1.807, 2.05) is 24.4 Å². The van der Waals surface area contributed by atoms with E-state index in [0.717, 1.165) is 26.4 Å². The van der Waals surface area contributed by atoms with E-state index < -0.39 is 0 Å². The number of hydrogen-bond acceptors (Lipinski definition) is 6. The molecule has 0 fully saturated rings. The molecule has 3 nitrogen and oxygen atoms in total. The minimum Gasteiger partial charge on any atom is -0.388 e. The van der Waals surface area contributed by atoms with Gasteiger partial charge in [0.15, 0.2) is 4.34 Å². The lowest BCUT2D eigenvalue weighted by Gasteiger charge is -2.06. The van der Waals surface area contributed by atoms with Crippen LogP contribution in [0.2, 0.25) is 0 Å². The lowest BCUT2D eigenvalue weighted by atomic mass is 10.2. The number of aliphatic hydroxyl groups is 1. The molecule has 86 valence electrons. The number of aryl methyl sites for hydroxylation is 1. The minimum absolute atomic E-state index is 0.346. The lowest BCUT2D eigenvalue weighted by Crippen LogP contribution is -1.95. The largest absolute Gasteiger partial charge is 0.388 e. The summed E-state index contributed by atoms with van der Waals surface area (Å²) in [6.45, 7) is 1.95. The molecule has 2 heterocycles. The maximum Gasteiger partial charge on any atom is 0.174 e. The standard InChI is InChI=1S/C10H12N2OS3/c1-7-11-12-10(16-7)15-6-4-8(13)9-3-2-5-14-9/h2-3,5,8,13H,4,6H2,1H3. The summed E-state index contributed by atoms with van der Waals surface area (Å²) in [5, 5.41) is 20.8. The summed E-state index contributed by atoms with van der Waals surface area (Å²) >= 11 is 4.85. The van der Waals surface area contributed by atoms with Gasteiger partial charge in [-0.25, -0.2) is 0 Å². The van der Waals surface area contributed by atoms with Gasteiger partial charge < -0.3 is 5.11 Å². The first-order chi connectivity index (χ1) is 7.75. The molecule has 0 bridgehead atoms. The van der Waals surface area contributed by atoms with Crippen LogP contribution in [0.3, 0.4) is 0 Å². The molecule has 6 heteroatoms. The van der Waals surface area contributed by atoms with Crippen molar-refractivity contribution >= 4 is 34.4 Å². The van der Waals surface area contributed by atoms with Gasteiger partial charge in [-0.3, -0.25) is 0 Å². The van der Waals surface area contributed by atoms with E-state index in [1.165, 1.54) is 0 Å². The molecule has 0 saturated carbocycles. The third-order valence-electron chi connectivity index (χ3n) is 2.00. The maximum absolute atomic E-state index is 9.86. The van der Waals surface area contributed by atoms with Gasteiger partial charge in [-0.15, -0.1) is 21.5 Å². The van der Waals surface area contributed by atoms with E-state index in [0.29, 0.717) is 0 Å². The first-order valence-electron chi connectivity index (χ1n) is 4.90. The zero-order valence-electron chi connectivity index (χ0n) is 8.79. The Labute approximate surface area is 107 Å². The van der Waals surface area contributed by atoms with Crippen LogP contribution in [0.5, 0.6) is 0 Å². The Morgan fingerprint density at radius 2 is 2.38 bits per heavy atom. The molecule has 0 amide bonds. The number of thiophene rings is 1. The van der Waals surface area contributed by atoms with Gasteiger partial charge in [-0.05, 0) is 24.8 Å². The Balaban J connectivity index is 1.76. The van der Waals surface area contributed by atoms with Gasteiger partial charge in [0.1, 0.15) is 5.01 Å². The summed E-state index contributed by atoms with van der Waals surface area (Å²) < 4.78 is 0.982. The van der Waals surface area contributed by atoms with Crippen molar-refractivity contribution in [3.8, 4) is 0 Å². The quantitative estimate of drug-likeness (QED) is 0.849. The second-order valence-corrected chi connectivity index (χ2v) is 6.76. The number of hydrogen-bond donors (Lipinski definition) is 1. The highest BCUT2D eigenvalue weighted by atomic mass is 32.2. The number of rotatable bonds is 5. The monoisotopic (exact) mass is 272 g/mol. The first-order valence-corrected chi connectivity index (χ1v) is 7.58. The molecule has 2 aromatic rings. The van der Waals surface area contributed by atoms with E-state index in [-0.39, 0.29) is 6.10 Å². The highest BCUT2D eigenvalue weighted by Gasteiger charge is 2.09. The lowest BCUT2D eigenvalue weighted by molar-refractivity contribution is 0.179. The molecule has 1 unspecified atom stereocenters. The summed E-state index contributed by atoms with van der Waals surface area (Å²) in [5.74, 6) is 0.869. The molecule has 0 aliphatic carbocycles. The molecule has 0 radical (unpaired) electrons. The average Bonchev–Trinajstić information content (AvgIpc) is 2.89. The fourth-order valence-corrected chi connectivity index (χ4v) is 3.84. The fourth-order valence-electron chi connectivity index (χ4n) is 1.22. The molecule has 0 spiro atoms. The third-order valence-corrected chi connectivity index (χ3v) is 4.97. The van der Waals surface area contributed by atoms with Crippen molar-refractivity contribution in [3.05, 3.63) is 27.4 Å². The molecule has 1 N–H and O–H groups in total. The van der Waals surface area contributed by atoms with Crippen molar-refractivity contribution in [3.63, 3.8) is 0 Å². The molecular weight excluding hydrogens is 260 g/mol. The molecule has 2 aromatic heterocycles. The average molecular weight is 272 g/mol. The van der Waals surface area contributed by atoms with Gasteiger partial charge in [0.25, 0.3) is 0 Å². The third kappa shape index (κ3) is 3.28. The van der Waals surface area contributed by atoms with Crippen LogP contribution < -0.4 is 0 Å². The van der Waals surface area contributed by atoms with Crippen LogP contribution in [0.15, 0.2) is 21.9 Å². The highest BCUT2D eigenvalue weighted by molar-refractivity contribution is 8.01. The van der Waals surface area contributed by atoms with Crippen molar-refractivity contribution in [1.29, 1.82) is 0 Å². The van der Waals surface area contributed by atoms with Crippen LogP contribution in [0, 0.1) is 6.92 Å². The van der Waals surface area contributed by atoms with Gasteiger partial charge in [0.2, 0.25) is 0 Å². The van der Waals surface area contributed by atoms with Crippen molar-refractivity contribution in [1.82, 2.24) is 10.2 Å². The Kier molecular flexibility index (Phi) is 4.34. The van der Waals surface area contributed by atoms with E-state index >= 15 is 0 Å². The predicted octanol–water partition coefficient (Wildman–Crippen LogP) is 3.12. The van der Waals surface area contributed by atoms with Gasteiger partial charge >= 0.3 is 0 Å². The second kappa shape index (κ2) is 5.77. The van der Waals surface area contributed by atoms with Crippen LogP contribution >= 0.6 is 34.4 Å². The van der Waals surface area contributed by atoms with Crippen LogP contribution in [-0.4, -0.2) is 21.1 Å². The number of thioether (sulfide) groups is 1. The normalized spacial score (nSPS) is 12.9. The summed E-state index contributed by atoms with van der Waals surface area (Å²) in [7, 11) is 0. The summed E-state index contributed by atoms with van der Waals surface area (Å²) in [5.41, 5.74) is 0. The van der Waals surface area contributed by atoms with Crippen molar-refractivity contribution in [2.45, 2.75) is 23.8 Å². The van der Waals surface area contributed by atoms with Gasteiger partial charge in [0.05, 0.1) is 6.10 Å². The van der Waals surface area contributed by atoms with Crippen LogP contribution in [0.4, 0.5) is 0 Å². The molecule has 2 rings (SSSR count). The molecule has 0 aliphatic rings. The molecule has 1 atom stereocenters. The smallest absolute Gasteiger partial charge is 0.174 e. The zero-order valence-corrected chi connectivity index (χ0v) is 11.2. The molecule has 0 aliphatic heterocycles. The van der Waals surface area contributed by atoms with Crippen molar-refractivity contribution in [2.24, 2.45) is 0 Å². The van der Waals surface area contributed by atoms with E-state index in [2.05, 4.69) is 10.2 Å². The fraction of sp³-hybridized carbons (Fsp3) is 0.400. The molecule has 16 heavy (non-hydrogen) atoms. The molecular formula is C10H12N2OS3. The Morgan fingerprint density at radius 3 is 3.00 bits per heavy atom. The minimum atomic E-state index is -0.346. The van der Waals surface area contributed by atoms with Crippen LogP contribution in [0.25, 0.3) is 0 Å². The molecule has 0 saturated heterocycles. The van der Waals surface area contributed by atoms with E-state index in [4.69, 9.17) is 0 Å². The number of aliphatic hydroxyl groups excluding tert-OH is 1. The van der Waals surface area contributed by atoms with Gasteiger partial charge in [-0.1, -0.05) is 29.2 Å². The highest BCUT2D eigenvalue weighted by Crippen LogP contribution is 2.27. The maximum atomic E-state index is 9.86. The van der Waals surface area contributed by atoms with Crippen molar-refractivity contribution < 1.29 is 5.11 Å². The molecule has 0 aromatic carbocycles. The van der Waals surface area contributed by atoms with Crippen LogP contribution in [0.1, 0.15) is 22.4 Å². The zero-order chi connectivity index (χ0) is 11.4. The van der Waals surface area contributed by atoms with Crippen LogP contribution in [-0.2, 0) is 0 Å². The van der Waals surface area contributed by atoms with E-state index in [9.17, 15) is 5.11 Å². The Morgan fingerprint density at radius 1 is 1.50 bits per heavy atom. The number of nitrogens with zero attached hydrogens (tertiary/aromatic N) is 2. The van der Waals surface area contributed by atoms with Crippen molar-refractivity contribution in [2.75, 3.05) is 5.75 Å². The van der Waals surface area contributed by atoms with Gasteiger partial charge in [0, 0.05) is 10.6 Å². The summed E-state index contributed by atoms with van der Waals surface area (Å²) in [6, 6.07) is 3.93. The Bertz CT molecular complexity index is 427. The second-order valence-electron chi connectivity index (χ2n) is 3.26. The summed E-state index contributed by atoms with van der Waals surface area (Å²) in [6.07, 6.45) is 0.408. The Hall–Kier alpha value is -0.430.